The van der Waals surface area contributed by atoms with Gasteiger partial charge >= 0.3 is 0 Å². The van der Waals surface area contributed by atoms with E-state index in [-0.39, 0.29) is 5.60 Å². The molecule has 3 rings (SSSR count). The van der Waals surface area contributed by atoms with Crippen LogP contribution in [0.2, 0.25) is 0 Å². The smallest absolute Gasteiger partial charge is 0.0795 e. The third-order valence-corrected chi connectivity index (χ3v) is 6.63. The molecule has 0 aromatic heterocycles. The van der Waals surface area contributed by atoms with Gasteiger partial charge in [-0.2, -0.15) is 11.8 Å². The van der Waals surface area contributed by atoms with Gasteiger partial charge in [0.2, 0.25) is 0 Å². The van der Waals surface area contributed by atoms with Crippen LogP contribution in [0.15, 0.2) is 0 Å². The maximum atomic E-state index is 9.48. The average Bonchev–Trinajstić information content (AvgIpc) is 2.93. The number of nitrogens with zero attached hydrogens (tertiary/aromatic N) is 1. The molecule has 0 aromatic rings. The molecule has 1 aliphatic carbocycles. The Morgan fingerprint density at radius 3 is 2.70 bits per heavy atom. The molecule has 2 aliphatic heterocycles. The van der Waals surface area contributed by atoms with Gasteiger partial charge < -0.3 is 9.84 Å². The highest BCUT2D eigenvalue weighted by Crippen LogP contribution is 2.40. The number of hydrogen-bond acceptors (Lipinski definition) is 4. The molecule has 3 aliphatic rings. The predicted molar refractivity (Wildman–Crippen MR) is 84.3 cm³/mol. The molecule has 4 heteroatoms. The van der Waals surface area contributed by atoms with Gasteiger partial charge in [0.15, 0.2) is 0 Å². The van der Waals surface area contributed by atoms with Crippen LogP contribution in [0.25, 0.3) is 0 Å². The minimum absolute atomic E-state index is 0.163. The fourth-order valence-corrected chi connectivity index (χ4v) is 5.72. The van der Waals surface area contributed by atoms with Gasteiger partial charge in [0, 0.05) is 31.0 Å². The van der Waals surface area contributed by atoms with Gasteiger partial charge in [-0.15, -0.1) is 0 Å². The molecular formula is C16H29NO2S. The van der Waals surface area contributed by atoms with Crippen LogP contribution in [0.4, 0.5) is 0 Å². The van der Waals surface area contributed by atoms with E-state index >= 15 is 0 Å². The Balaban J connectivity index is 1.66. The molecule has 1 spiro atoms. The maximum absolute atomic E-state index is 9.48. The van der Waals surface area contributed by atoms with Gasteiger partial charge in [-0.25, -0.2) is 0 Å². The van der Waals surface area contributed by atoms with Crippen molar-refractivity contribution >= 4 is 11.8 Å². The Labute approximate surface area is 127 Å². The zero-order valence-corrected chi connectivity index (χ0v) is 13.4. The molecule has 3 nitrogen and oxygen atoms in total. The van der Waals surface area contributed by atoms with Crippen LogP contribution >= 0.6 is 11.8 Å². The van der Waals surface area contributed by atoms with E-state index in [2.05, 4.69) is 4.90 Å². The first-order valence-corrected chi connectivity index (χ1v) is 9.57. The molecule has 0 amide bonds. The number of rotatable bonds is 4. The second-order valence-electron chi connectivity index (χ2n) is 6.73. The fourth-order valence-electron chi connectivity index (χ4n) is 4.34. The molecule has 2 unspecified atom stereocenters. The van der Waals surface area contributed by atoms with Crippen molar-refractivity contribution in [2.75, 3.05) is 31.3 Å². The lowest BCUT2D eigenvalue weighted by atomic mass is 9.86. The normalized spacial score (nSPS) is 36.0. The second kappa shape index (κ2) is 6.99. The first-order chi connectivity index (χ1) is 9.83. The summed E-state index contributed by atoms with van der Waals surface area (Å²) < 4.78 is 6.16. The van der Waals surface area contributed by atoms with Gasteiger partial charge in [-0.1, -0.05) is 19.3 Å². The van der Waals surface area contributed by atoms with E-state index in [1.807, 2.05) is 11.8 Å². The lowest BCUT2D eigenvalue weighted by Crippen LogP contribution is -2.53. The zero-order chi connectivity index (χ0) is 13.8. The lowest BCUT2D eigenvalue weighted by Gasteiger charge is -2.46. The minimum Gasteiger partial charge on any atom is -0.395 e. The van der Waals surface area contributed by atoms with Crippen LogP contribution in [-0.4, -0.2) is 59.0 Å². The fraction of sp³-hybridized carbons (Fsp3) is 1.00. The van der Waals surface area contributed by atoms with Crippen LogP contribution in [0, 0.1) is 0 Å². The molecule has 0 radical (unpaired) electrons. The Morgan fingerprint density at radius 2 is 2.00 bits per heavy atom. The highest BCUT2D eigenvalue weighted by atomic mass is 32.2. The van der Waals surface area contributed by atoms with Crippen LogP contribution in [0.1, 0.15) is 51.4 Å². The molecule has 1 N–H and O–H groups in total. The first kappa shape index (κ1) is 15.1. The molecule has 2 heterocycles. The molecule has 20 heavy (non-hydrogen) atoms. The summed E-state index contributed by atoms with van der Waals surface area (Å²) in [4.78, 5) is 2.65. The molecular weight excluding hydrogens is 270 g/mol. The average molecular weight is 299 g/mol. The summed E-state index contributed by atoms with van der Waals surface area (Å²) in [5.74, 6) is 2.44. The van der Waals surface area contributed by atoms with E-state index in [0.717, 1.165) is 19.6 Å². The van der Waals surface area contributed by atoms with Gasteiger partial charge in [-0.05, 0) is 37.9 Å². The predicted octanol–water partition coefficient (Wildman–Crippen LogP) is 2.67. The van der Waals surface area contributed by atoms with E-state index in [4.69, 9.17) is 4.74 Å². The molecule has 2 atom stereocenters. The second-order valence-corrected chi connectivity index (χ2v) is 7.84. The number of thioether (sulfide) groups is 1. The van der Waals surface area contributed by atoms with Crippen molar-refractivity contribution in [3.05, 3.63) is 0 Å². The van der Waals surface area contributed by atoms with Crippen LogP contribution in [0.3, 0.4) is 0 Å². The Morgan fingerprint density at radius 1 is 1.15 bits per heavy atom. The minimum atomic E-state index is 0.163. The lowest BCUT2D eigenvalue weighted by molar-refractivity contribution is -0.0986. The van der Waals surface area contributed by atoms with Crippen molar-refractivity contribution < 1.29 is 9.84 Å². The SMILES string of the molecule is OCCN(C1CCCCC1)C1CCOC2(CCSC2)C1. The van der Waals surface area contributed by atoms with Crippen molar-refractivity contribution in [2.24, 2.45) is 0 Å². The Hall–Kier alpha value is 0.230. The largest absolute Gasteiger partial charge is 0.395 e. The third kappa shape index (κ3) is 3.34. The molecule has 1 saturated carbocycles. The number of aliphatic hydroxyl groups is 1. The van der Waals surface area contributed by atoms with Gasteiger partial charge in [0.1, 0.15) is 0 Å². The Bertz CT molecular complexity index is 301. The van der Waals surface area contributed by atoms with Crippen molar-refractivity contribution in [2.45, 2.75) is 69.1 Å². The number of aliphatic hydroxyl groups excluding tert-OH is 1. The summed E-state index contributed by atoms with van der Waals surface area (Å²) in [6.45, 7) is 2.08. The van der Waals surface area contributed by atoms with E-state index in [0.29, 0.717) is 18.7 Å². The molecule has 0 bridgehead atoms. The van der Waals surface area contributed by atoms with E-state index < -0.39 is 0 Å². The third-order valence-electron chi connectivity index (χ3n) is 5.41. The summed E-state index contributed by atoms with van der Waals surface area (Å²) in [7, 11) is 0. The highest BCUT2D eigenvalue weighted by Gasteiger charge is 2.43. The van der Waals surface area contributed by atoms with Crippen LogP contribution in [0.5, 0.6) is 0 Å². The molecule has 116 valence electrons. The highest BCUT2D eigenvalue weighted by molar-refractivity contribution is 7.99. The summed E-state index contributed by atoms with van der Waals surface area (Å²) in [5, 5.41) is 9.48. The van der Waals surface area contributed by atoms with E-state index in [9.17, 15) is 5.11 Å². The van der Waals surface area contributed by atoms with E-state index in [1.54, 1.807) is 0 Å². The van der Waals surface area contributed by atoms with Crippen molar-refractivity contribution in [1.29, 1.82) is 0 Å². The molecule has 0 aromatic carbocycles. The van der Waals surface area contributed by atoms with Crippen LogP contribution in [-0.2, 0) is 4.74 Å². The summed E-state index contributed by atoms with van der Waals surface area (Å²) in [6, 6.07) is 1.35. The maximum Gasteiger partial charge on any atom is 0.0795 e. The monoisotopic (exact) mass is 299 g/mol. The quantitative estimate of drug-likeness (QED) is 0.865. The van der Waals surface area contributed by atoms with Gasteiger partial charge in [-0.3, -0.25) is 4.90 Å². The van der Waals surface area contributed by atoms with Crippen LogP contribution < -0.4 is 0 Å². The van der Waals surface area contributed by atoms with Crippen molar-refractivity contribution in [3.63, 3.8) is 0 Å². The standard InChI is InChI=1S/C16H29NO2S/c18-9-8-17(14-4-2-1-3-5-14)15-6-10-19-16(12-15)7-11-20-13-16/h14-15,18H,1-13H2. The summed E-state index contributed by atoms with van der Waals surface area (Å²) in [6.07, 6.45) is 10.4. The molecule has 3 fully saturated rings. The number of ether oxygens (including phenoxy) is 1. The van der Waals surface area contributed by atoms with Crippen molar-refractivity contribution in [3.8, 4) is 0 Å². The Kier molecular flexibility index (Phi) is 5.29. The number of hydrogen-bond donors (Lipinski definition) is 1. The van der Waals surface area contributed by atoms with E-state index in [1.165, 1.54) is 56.5 Å². The zero-order valence-electron chi connectivity index (χ0n) is 12.6. The van der Waals surface area contributed by atoms with Gasteiger partial charge in [0.05, 0.1) is 12.2 Å². The molecule has 2 saturated heterocycles. The van der Waals surface area contributed by atoms with Gasteiger partial charge in [0.25, 0.3) is 0 Å². The first-order valence-electron chi connectivity index (χ1n) is 8.41. The summed E-state index contributed by atoms with van der Waals surface area (Å²) in [5.41, 5.74) is 0.163. The van der Waals surface area contributed by atoms with Crippen molar-refractivity contribution in [1.82, 2.24) is 4.90 Å². The topological polar surface area (TPSA) is 32.7 Å². The summed E-state index contributed by atoms with van der Waals surface area (Å²) >= 11 is 2.05.